The van der Waals surface area contributed by atoms with Crippen molar-refractivity contribution in [2.75, 3.05) is 11.9 Å². The van der Waals surface area contributed by atoms with Gasteiger partial charge in [-0.1, -0.05) is 0 Å². The van der Waals surface area contributed by atoms with Crippen LogP contribution < -0.4 is 16.6 Å². The summed E-state index contributed by atoms with van der Waals surface area (Å²) in [6.45, 7) is 0.557. The molecule has 9 heteroatoms. The second-order valence-electron chi connectivity index (χ2n) is 4.08. The first kappa shape index (κ1) is 13.0. The maximum absolute atomic E-state index is 11.8. The summed E-state index contributed by atoms with van der Waals surface area (Å²) >= 11 is 0. The molecule has 9 nitrogen and oxygen atoms in total. The number of hydrogen-bond acceptors (Lipinski definition) is 6. The third kappa shape index (κ3) is 2.87. The van der Waals surface area contributed by atoms with E-state index >= 15 is 0 Å². The first-order valence-corrected chi connectivity index (χ1v) is 5.82. The highest BCUT2D eigenvalue weighted by atomic mass is 16.2. The summed E-state index contributed by atoms with van der Waals surface area (Å²) in [5.41, 5.74) is -0.875. The van der Waals surface area contributed by atoms with Crippen LogP contribution in [0, 0.1) is 0 Å². The summed E-state index contributed by atoms with van der Waals surface area (Å²) < 4.78 is 2.14. The fraction of sp³-hybridized carbons (Fsp3) is 0.500. The van der Waals surface area contributed by atoms with Gasteiger partial charge in [-0.05, 0) is 6.42 Å². The topological polar surface area (TPSA) is 110 Å². The lowest BCUT2D eigenvalue weighted by molar-refractivity contribution is 0.603. The van der Waals surface area contributed by atoms with Crippen LogP contribution in [0.2, 0.25) is 0 Å². The van der Waals surface area contributed by atoms with Crippen LogP contribution in [0.3, 0.4) is 0 Å². The first-order chi connectivity index (χ1) is 9.09. The van der Waals surface area contributed by atoms with E-state index in [1.807, 2.05) is 0 Å². The van der Waals surface area contributed by atoms with Crippen LogP contribution in [0.4, 0.5) is 5.82 Å². The highest BCUT2D eigenvalue weighted by Gasteiger charge is 2.07. The van der Waals surface area contributed by atoms with Crippen LogP contribution in [0.15, 0.2) is 15.9 Å². The molecule has 2 rings (SSSR count). The van der Waals surface area contributed by atoms with Crippen molar-refractivity contribution in [3.05, 3.63) is 33.0 Å². The smallest absolute Gasteiger partial charge is 0.346 e. The molecule has 0 saturated heterocycles. The molecule has 2 aromatic heterocycles. The minimum Gasteiger partial charge on any atom is -0.364 e. The molecule has 2 aromatic rings. The summed E-state index contributed by atoms with van der Waals surface area (Å²) in [7, 11) is 2.92. The Labute approximate surface area is 108 Å². The molecule has 19 heavy (non-hydrogen) atoms. The van der Waals surface area contributed by atoms with E-state index in [0.717, 1.165) is 27.9 Å². The molecular weight excluding hydrogens is 250 g/mol. The zero-order valence-corrected chi connectivity index (χ0v) is 10.8. The number of aryl methyl sites for hydroxylation is 2. The zero-order chi connectivity index (χ0) is 13.8. The van der Waals surface area contributed by atoms with Gasteiger partial charge in [-0.2, -0.15) is 5.10 Å². The van der Waals surface area contributed by atoms with Crippen molar-refractivity contribution < 1.29 is 0 Å². The number of nitrogens with zero attached hydrogens (tertiary/aromatic N) is 5. The fourth-order valence-electron chi connectivity index (χ4n) is 1.62. The highest BCUT2D eigenvalue weighted by Crippen LogP contribution is 1.95. The van der Waals surface area contributed by atoms with E-state index < -0.39 is 11.2 Å². The van der Waals surface area contributed by atoms with E-state index in [9.17, 15) is 9.59 Å². The molecule has 0 aliphatic carbocycles. The SMILES string of the molecule is Cn1nc(NCCCc2ncn[nH]2)c(=O)n(C)c1=O. The van der Waals surface area contributed by atoms with Gasteiger partial charge in [0.2, 0.25) is 5.82 Å². The lowest BCUT2D eigenvalue weighted by Gasteiger charge is -2.07. The number of H-pyrrole nitrogens is 1. The van der Waals surface area contributed by atoms with E-state index in [1.165, 1.54) is 20.4 Å². The van der Waals surface area contributed by atoms with Gasteiger partial charge in [-0.3, -0.25) is 14.5 Å². The average Bonchev–Trinajstić information content (AvgIpc) is 2.91. The van der Waals surface area contributed by atoms with Crippen LogP contribution in [0.1, 0.15) is 12.2 Å². The van der Waals surface area contributed by atoms with E-state index in [4.69, 9.17) is 0 Å². The van der Waals surface area contributed by atoms with Crippen molar-refractivity contribution in [1.29, 1.82) is 0 Å². The molecule has 0 aliphatic heterocycles. The molecule has 0 atom stereocenters. The van der Waals surface area contributed by atoms with Crippen LogP contribution in [-0.4, -0.2) is 36.1 Å². The normalized spacial score (nSPS) is 10.6. The summed E-state index contributed by atoms with van der Waals surface area (Å²) in [4.78, 5) is 27.2. The third-order valence-corrected chi connectivity index (χ3v) is 2.67. The Morgan fingerprint density at radius 2 is 2.16 bits per heavy atom. The number of nitrogens with one attached hydrogen (secondary N) is 2. The number of rotatable bonds is 5. The van der Waals surface area contributed by atoms with Crippen molar-refractivity contribution in [2.24, 2.45) is 14.1 Å². The van der Waals surface area contributed by atoms with Gasteiger partial charge in [0.25, 0.3) is 5.56 Å². The van der Waals surface area contributed by atoms with Gasteiger partial charge in [0, 0.05) is 27.1 Å². The zero-order valence-electron chi connectivity index (χ0n) is 10.8. The molecule has 2 heterocycles. The molecule has 0 saturated carbocycles. The third-order valence-electron chi connectivity index (χ3n) is 2.67. The van der Waals surface area contributed by atoms with Gasteiger partial charge >= 0.3 is 5.69 Å². The van der Waals surface area contributed by atoms with Crippen molar-refractivity contribution in [1.82, 2.24) is 29.5 Å². The Morgan fingerprint density at radius 3 is 2.84 bits per heavy atom. The molecule has 0 aliphatic rings. The summed E-state index contributed by atoms with van der Waals surface area (Å²) in [6, 6.07) is 0. The number of anilines is 1. The molecule has 0 fully saturated rings. The van der Waals surface area contributed by atoms with Crippen LogP contribution in [0.25, 0.3) is 0 Å². The van der Waals surface area contributed by atoms with Gasteiger partial charge in [0.15, 0.2) is 0 Å². The minimum atomic E-state index is -0.447. The summed E-state index contributed by atoms with van der Waals surface area (Å²) in [5.74, 6) is 0.963. The standard InChI is InChI=1S/C10H15N7O2/c1-16-9(18)8(15-17(2)10(16)19)11-5-3-4-7-12-6-13-14-7/h6H,3-5H2,1-2H3,(H,11,15)(H,12,13,14). The maximum atomic E-state index is 11.8. The predicted molar refractivity (Wildman–Crippen MR) is 67.9 cm³/mol. The van der Waals surface area contributed by atoms with E-state index in [1.54, 1.807) is 0 Å². The number of hydrogen-bond donors (Lipinski definition) is 2. The fourth-order valence-corrected chi connectivity index (χ4v) is 1.62. The van der Waals surface area contributed by atoms with Gasteiger partial charge in [0.1, 0.15) is 12.2 Å². The quantitative estimate of drug-likeness (QED) is 0.646. The molecule has 0 aromatic carbocycles. The van der Waals surface area contributed by atoms with E-state index in [-0.39, 0.29) is 5.82 Å². The average molecular weight is 265 g/mol. The molecule has 2 N–H and O–H groups in total. The Bertz CT molecular complexity index is 656. The lowest BCUT2D eigenvalue weighted by Crippen LogP contribution is -2.40. The number of aromatic nitrogens is 6. The van der Waals surface area contributed by atoms with Gasteiger partial charge < -0.3 is 5.32 Å². The second-order valence-corrected chi connectivity index (χ2v) is 4.08. The Balaban J connectivity index is 1.97. The van der Waals surface area contributed by atoms with E-state index in [2.05, 4.69) is 25.6 Å². The van der Waals surface area contributed by atoms with Crippen LogP contribution >= 0.6 is 0 Å². The molecule has 0 unspecified atom stereocenters. The number of aromatic amines is 1. The molecular formula is C10H15N7O2. The van der Waals surface area contributed by atoms with Crippen molar-refractivity contribution in [3.8, 4) is 0 Å². The Hall–Kier alpha value is -2.45. The summed E-state index contributed by atoms with van der Waals surface area (Å²) in [5, 5.41) is 13.3. The van der Waals surface area contributed by atoms with Crippen molar-refractivity contribution in [3.63, 3.8) is 0 Å². The monoisotopic (exact) mass is 265 g/mol. The molecule has 0 spiro atoms. The van der Waals surface area contributed by atoms with Crippen LogP contribution in [-0.2, 0) is 20.5 Å². The minimum absolute atomic E-state index is 0.169. The second kappa shape index (κ2) is 5.46. The van der Waals surface area contributed by atoms with Gasteiger partial charge in [-0.25, -0.2) is 14.5 Å². The summed E-state index contributed by atoms with van der Waals surface area (Å²) in [6.07, 6.45) is 2.94. The lowest BCUT2D eigenvalue weighted by atomic mass is 10.3. The first-order valence-electron chi connectivity index (χ1n) is 5.82. The molecule has 102 valence electrons. The largest absolute Gasteiger partial charge is 0.364 e. The van der Waals surface area contributed by atoms with Gasteiger partial charge in [0.05, 0.1) is 0 Å². The van der Waals surface area contributed by atoms with Crippen LogP contribution in [0.5, 0.6) is 0 Å². The molecule has 0 radical (unpaired) electrons. The molecule has 0 bridgehead atoms. The predicted octanol–water partition coefficient (Wildman–Crippen LogP) is -1.36. The highest BCUT2D eigenvalue weighted by molar-refractivity contribution is 5.29. The van der Waals surface area contributed by atoms with Crippen molar-refractivity contribution >= 4 is 5.82 Å². The van der Waals surface area contributed by atoms with Gasteiger partial charge in [-0.15, -0.1) is 5.10 Å². The van der Waals surface area contributed by atoms with E-state index in [0.29, 0.717) is 6.54 Å². The Kier molecular flexibility index (Phi) is 3.74. The molecule has 0 amide bonds. The van der Waals surface area contributed by atoms with Crippen molar-refractivity contribution in [2.45, 2.75) is 12.8 Å². The Morgan fingerprint density at radius 1 is 1.37 bits per heavy atom. The maximum Gasteiger partial charge on any atom is 0.346 e.